The summed E-state index contributed by atoms with van der Waals surface area (Å²) in [5.41, 5.74) is 7.22. The van der Waals surface area contributed by atoms with Gasteiger partial charge < -0.3 is 20.9 Å². The smallest absolute Gasteiger partial charge is 0.320 e. The molecule has 1 amide bonds. The molecule has 0 unspecified atom stereocenters. The van der Waals surface area contributed by atoms with Gasteiger partial charge in [-0.15, -0.1) is 0 Å². The molecule has 0 fully saturated rings. The molecule has 4 N–H and O–H groups in total. The number of methoxy groups -OCH3 is 1. The van der Waals surface area contributed by atoms with Gasteiger partial charge in [-0.05, 0) is 17.5 Å². The first-order valence-electron chi connectivity index (χ1n) is 5.84. The van der Waals surface area contributed by atoms with Crippen LogP contribution in [-0.2, 0) is 27.3 Å². The molecule has 0 aliphatic heterocycles. The molecule has 0 saturated carbocycles. The zero-order valence-corrected chi connectivity index (χ0v) is 10.8. The molecule has 0 heterocycles. The zero-order valence-electron chi connectivity index (χ0n) is 10.8. The van der Waals surface area contributed by atoms with E-state index in [9.17, 15) is 9.59 Å². The molecule has 0 aromatic heterocycles. The molecule has 1 aromatic rings. The highest BCUT2D eigenvalue weighted by molar-refractivity contribution is 5.77. The number of benzene rings is 1. The predicted molar refractivity (Wildman–Crippen MR) is 69.5 cm³/mol. The number of carboxylic acid groups (broad SMARTS) is 1. The second-order valence-electron chi connectivity index (χ2n) is 4.18. The second-order valence-corrected chi connectivity index (χ2v) is 4.18. The minimum absolute atomic E-state index is 0.0333. The molecule has 19 heavy (non-hydrogen) atoms. The van der Waals surface area contributed by atoms with Crippen molar-refractivity contribution in [1.82, 2.24) is 5.32 Å². The van der Waals surface area contributed by atoms with E-state index < -0.39 is 12.0 Å². The van der Waals surface area contributed by atoms with Crippen LogP contribution in [0.4, 0.5) is 0 Å². The van der Waals surface area contributed by atoms with Gasteiger partial charge in [0.1, 0.15) is 12.6 Å². The largest absolute Gasteiger partial charge is 0.480 e. The molecule has 0 radical (unpaired) electrons. The van der Waals surface area contributed by atoms with Gasteiger partial charge in [-0.2, -0.15) is 0 Å². The van der Waals surface area contributed by atoms with Crippen LogP contribution in [0.3, 0.4) is 0 Å². The van der Waals surface area contributed by atoms with E-state index in [1.807, 2.05) is 12.1 Å². The van der Waals surface area contributed by atoms with E-state index in [4.69, 9.17) is 15.6 Å². The molecular weight excluding hydrogens is 248 g/mol. The number of carboxylic acids is 1. The number of carbonyl (C=O) groups excluding carboxylic acids is 1. The van der Waals surface area contributed by atoms with Crippen molar-refractivity contribution in [2.75, 3.05) is 13.7 Å². The summed E-state index contributed by atoms with van der Waals surface area (Å²) in [6, 6.07) is 6.38. The first-order chi connectivity index (χ1) is 9.02. The lowest BCUT2D eigenvalue weighted by Crippen LogP contribution is -2.32. The summed E-state index contributed by atoms with van der Waals surface area (Å²) in [7, 11) is 1.46. The highest BCUT2D eigenvalue weighted by atomic mass is 16.5. The molecule has 0 saturated heterocycles. The third kappa shape index (κ3) is 5.50. The van der Waals surface area contributed by atoms with Gasteiger partial charge in [0.2, 0.25) is 5.91 Å². The van der Waals surface area contributed by atoms with E-state index in [2.05, 4.69) is 5.32 Å². The van der Waals surface area contributed by atoms with Crippen LogP contribution in [0.15, 0.2) is 24.3 Å². The number of nitrogens with two attached hydrogens (primary N) is 1. The summed E-state index contributed by atoms with van der Waals surface area (Å²) in [4.78, 5) is 21.8. The van der Waals surface area contributed by atoms with Gasteiger partial charge in [0.15, 0.2) is 0 Å². The molecule has 6 heteroatoms. The molecular formula is C13H18N2O4. The monoisotopic (exact) mass is 266 g/mol. The SMILES string of the molecule is COCC(=O)NCc1ccc(C[C@H](N)C(=O)O)cc1. The van der Waals surface area contributed by atoms with E-state index in [1.165, 1.54) is 7.11 Å². The van der Waals surface area contributed by atoms with Crippen molar-refractivity contribution in [3.05, 3.63) is 35.4 Å². The van der Waals surface area contributed by atoms with Crippen molar-refractivity contribution in [2.45, 2.75) is 19.0 Å². The lowest BCUT2D eigenvalue weighted by molar-refractivity contribution is -0.138. The Morgan fingerprint density at radius 3 is 2.42 bits per heavy atom. The minimum Gasteiger partial charge on any atom is -0.480 e. The van der Waals surface area contributed by atoms with Crippen molar-refractivity contribution in [3.8, 4) is 0 Å². The van der Waals surface area contributed by atoms with E-state index in [0.717, 1.165) is 11.1 Å². The first kappa shape index (κ1) is 15.1. The van der Waals surface area contributed by atoms with E-state index in [0.29, 0.717) is 6.54 Å². The minimum atomic E-state index is -1.02. The maximum atomic E-state index is 11.2. The molecule has 0 spiro atoms. The molecule has 0 aliphatic carbocycles. The fourth-order valence-electron chi connectivity index (χ4n) is 1.52. The fourth-order valence-corrected chi connectivity index (χ4v) is 1.52. The normalized spacial score (nSPS) is 11.9. The van der Waals surface area contributed by atoms with Crippen molar-refractivity contribution < 1.29 is 19.4 Å². The lowest BCUT2D eigenvalue weighted by atomic mass is 10.0. The van der Waals surface area contributed by atoms with Crippen LogP contribution in [0, 0.1) is 0 Å². The predicted octanol–water partition coefficient (Wildman–Crippen LogP) is -0.0964. The summed E-state index contributed by atoms with van der Waals surface area (Å²) < 4.78 is 4.70. The van der Waals surface area contributed by atoms with Gasteiger partial charge in [0.05, 0.1) is 0 Å². The molecule has 0 bridgehead atoms. The lowest BCUT2D eigenvalue weighted by Gasteiger charge is -2.08. The van der Waals surface area contributed by atoms with Crippen molar-refractivity contribution in [3.63, 3.8) is 0 Å². The van der Waals surface area contributed by atoms with Crippen molar-refractivity contribution in [2.24, 2.45) is 5.73 Å². The first-order valence-corrected chi connectivity index (χ1v) is 5.84. The van der Waals surface area contributed by atoms with Gasteiger partial charge in [-0.3, -0.25) is 9.59 Å². The van der Waals surface area contributed by atoms with Crippen LogP contribution in [0.5, 0.6) is 0 Å². The Hall–Kier alpha value is -1.92. The highest BCUT2D eigenvalue weighted by Gasteiger charge is 2.11. The van der Waals surface area contributed by atoms with Crippen molar-refractivity contribution >= 4 is 11.9 Å². The number of nitrogens with one attached hydrogen (secondary N) is 1. The molecule has 104 valence electrons. The molecule has 1 rings (SSSR count). The Morgan fingerprint density at radius 1 is 1.32 bits per heavy atom. The van der Waals surface area contributed by atoms with Crippen molar-refractivity contribution in [1.29, 1.82) is 0 Å². The van der Waals surface area contributed by atoms with Gasteiger partial charge >= 0.3 is 5.97 Å². The summed E-state index contributed by atoms with van der Waals surface area (Å²) in [6.07, 6.45) is 0.283. The summed E-state index contributed by atoms with van der Waals surface area (Å²) in [5, 5.41) is 11.4. The van der Waals surface area contributed by atoms with E-state index >= 15 is 0 Å². The van der Waals surface area contributed by atoms with Gasteiger partial charge in [-0.1, -0.05) is 24.3 Å². The number of amides is 1. The second kappa shape index (κ2) is 7.50. The Bertz CT molecular complexity index is 431. The quantitative estimate of drug-likeness (QED) is 0.640. The molecule has 0 aliphatic rings. The average molecular weight is 266 g/mol. The third-order valence-electron chi connectivity index (χ3n) is 2.56. The topological polar surface area (TPSA) is 102 Å². The standard InChI is InChI=1S/C13H18N2O4/c1-19-8-12(16)15-7-10-4-2-9(3-5-10)6-11(14)13(17)18/h2-5,11H,6-8,14H2,1H3,(H,15,16)(H,17,18)/t11-/m0/s1. The number of hydrogen-bond donors (Lipinski definition) is 3. The Kier molecular flexibility index (Phi) is 5.98. The number of ether oxygens (including phenoxy) is 1. The van der Waals surface area contributed by atoms with Gasteiger partial charge in [-0.25, -0.2) is 0 Å². The Morgan fingerprint density at radius 2 is 1.89 bits per heavy atom. The zero-order chi connectivity index (χ0) is 14.3. The van der Waals surface area contributed by atoms with E-state index in [-0.39, 0.29) is 18.9 Å². The molecule has 1 atom stereocenters. The Labute approximate surface area is 111 Å². The van der Waals surface area contributed by atoms with Crippen LogP contribution in [0.25, 0.3) is 0 Å². The molecule has 1 aromatic carbocycles. The van der Waals surface area contributed by atoms with Gasteiger partial charge in [0.25, 0.3) is 0 Å². The maximum Gasteiger partial charge on any atom is 0.320 e. The third-order valence-corrected chi connectivity index (χ3v) is 2.56. The van der Waals surface area contributed by atoms with Gasteiger partial charge in [0, 0.05) is 13.7 Å². The highest BCUT2D eigenvalue weighted by Crippen LogP contribution is 2.06. The Balaban J connectivity index is 2.47. The summed E-state index contributed by atoms with van der Waals surface area (Å²) >= 11 is 0. The average Bonchev–Trinajstić information content (AvgIpc) is 2.38. The fraction of sp³-hybridized carbons (Fsp3) is 0.385. The number of carbonyl (C=O) groups is 2. The number of hydrogen-bond acceptors (Lipinski definition) is 4. The van der Waals surface area contributed by atoms with Crippen LogP contribution in [0.1, 0.15) is 11.1 Å². The van der Waals surface area contributed by atoms with Crippen LogP contribution >= 0.6 is 0 Å². The summed E-state index contributed by atoms with van der Waals surface area (Å²) in [6.45, 7) is 0.443. The molecule has 6 nitrogen and oxygen atoms in total. The van der Waals surface area contributed by atoms with E-state index in [1.54, 1.807) is 12.1 Å². The number of aliphatic carboxylic acids is 1. The van der Waals surface area contributed by atoms with Crippen LogP contribution in [-0.4, -0.2) is 36.7 Å². The summed E-state index contributed by atoms with van der Waals surface area (Å²) in [5.74, 6) is -1.20. The number of rotatable bonds is 7. The van der Waals surface area contributed by atoms with Crippen LogP contribution in [0.2, 0.25) is 0 Å². The maximum absolute atomic E-state index is 11.2. The van der Waals surface area contributed by atoms with Crippen LogP contribution < -0.4 is 11.1 Å².